The van der Waals surface area contributed by atoms with Crippen LogP contribution in [0, 0.1) is 5.92 Å². The summed E-state index contributed by atoms with van der Waals surface area (Å²) in [5, 5.41) is 9.00. The van der Waals surface area contributed by atoms with Gasteiger partial charge in [-0.05, 0) is 31.6 Å². The van der Waals surface area contributed by atoms with E-state index in [1.54, 1.807) is 0 Å². The van der Waals surface area contributed by atoms with Crippen molar-refractivity contribution in [2.45, 2.75) is 44.0 Å². The van der Waals surface area contributed by atoms with Crippen LogP contribution >= 0.6 is 0 Å². The number of hydrogen-bond acceptors (Lipinski definition) is 2. The lowest BCUT2D eigenvalue weighted by Gasteiger charge is -2.25. The molecule has 2 nitrogen and oxygen atoms in total. The number of hydrogen-bond donors (Lipinski definition) is 1. The zero-order valence-corrected chi connectivity index (χ0v) is 8.50. The molecule has 1 atom stereocenters. The van der Waals surface area contributed by atoms with Gasteiger partial charge < -0.3 is 5.11 Å². The first kappa shape index (κ1) is 11.2. The third-order valence-electron chi connectivity index (χ3n) is 3.04. The van der Waals surface area contributed by atoms with Crippen LogP contribution < -0.4 is 0 Å². The van der Waals surface area contributed by atoms with Gasteiger partial charge in [-0.3, -0.25) is 4.90 Å². The molecule has 5 heteroatoms. The van der Waals surface area contributed by atoms with Crippen molar-refractivity contribution in [3.63, 3.8) is 0 Å². The maximum Gasteiger partial charge on any atom is 0.415 e. The summed E-state index contributed by atoms with van der Waals surface area (Å²) < 4.78 is 36.5. The minimum atomic E-state index is -4.48. The molecule has 1 unspecified atom stereocenters. The first-order chi connectivity index (χ1) is 6.97. The Balaban J connectivity index is 1.82. The van der Waals surface area contributed by atoms with E-state index in [2.05, 4.69) is 0 Å². The highest BCUT2D eigenvalue weighted by molar-refractivity contribution is 4.90. The third kappa shape index (κ3) is 3.34. The topological polar surface area (TPSA) is 23.5 Å². The summed E-state index contributed by atoms with van der Waals surface area (Å²) in [6.07, 6.45) is -2.43. The van der Waals surface area contributed by atoms with E-state index in [0.717, 1.165) is 32.2 Å². The number of alkyl halides is 3. The zero-order valence-electron chi connectivity index (χ0n) is 8.50. The van der Waals surface area contributed by atoms with Crippen molar-refractivity contribution >= 4 is 0 Å². The monoisotopic (exact) mass is 223 g/mol. The van der Waals surface area contributed by atoms with Crippen LogP contribution in [0.4, 0.5) is 13.2 Å². The van der Waals surface area contributed by atoms with Gasteiger partial charge in [-0.2, -0.15) is 13.2 Å². The molecule has 1 N–H and O–H groups in total. The predicted molar refractivity (Wildman–Crippen MR) is 49.4 cm³/mol. The van der Waals surface area contributed by atoms with Crippen LogP contribution in [0.5, 0.6) is 0 Å². The van der Waals surface area contributed by atoms with Gasteiger partial charge in [0.25, 0.3) is 0 Å². The summed E-state index contributed by atoms with van der Waals surface area (Å²) in [5.74, 6) is 0.575. The molecule has 0 spiro atoms. The molecule has 15 heavy (non-hydrogen) atoms. The van der Waals surface area contributed by atoms with Gasteiger partial charge in [-0.15, -0.1) is 0 Å². The fraction of sp³-hybridized carbons (Fsp3) is 1.00. The Morgan fingerprint density at radius 1 is 1.20 bits per heavy atom. The standard InChI is InChI=1S/C10H16F3NO/c11-10(12,13)9(15)6-14(8-3-4-8)5-7-1-2-7/h7-9,15H,1-6H2. The molecular formula is C10H16F3NO. The Kier molecular flexibility index (Phi) is 2.94. The van der Waals surface area contributed by atoms with E-state index in [4.69, 9.17) is 5.11 Å². The number of aliphatic hydroxyl groups excluding tert-OH is 1. The molecule has 2 aliphatic rings. The van der Waals surface area contributed by atoms with Gasteiger partial charge in [-0.25, -0.2) is 0 Å². The van der Waals surface area contributed by atoms with E-state index < -0.39 is 12.3 Å². The van der Waals surface area contributed by atoms with Gasteiger partial charge in [0.05, 0.1) is 0 Å². The SMILES string of the molecule is OC(CN(CC1CC1)C1CC1)C(F)(F)F. The van der Waals surface area contributed by atoms with Crippen molar-refractivity contribution in [1.82, 2.24) is 4.90 Å². The summed E-state index contributed by atoms with van der Waals surface area (Å²) in [6.45, 7) is 0.489. The molecule has 88 valence electrons. The largest absolute Gasteiger partial charge is 0.415 e. The lowest BCUT2D eigenvalue weighted by Crippen LogP contribution is -2.42. The molecule has 0 saturated heterocycles. The lowest BCUT2D eigenvalue weighted by atomic mass is 10.2. The van der Waals surface area contributed by atoms with E-state index in [0.29, 0.717) is 12.0 Å². The van der Waals surface area contributed by atoms with Gasteiger partial charge in [0.1, 0.15) is 0 Å². The first-order valence-electron chi connectivity index (χ1n) is 5.45. The van der Waals surface area contributed by atoms with Crippen LogP contribution in [-0.4, -0.2) is 41.4 Å². The summed E-state index contributed by atoms with van der Waals surface area (Å²) >= 11 is 0. The fourth-order valence-corrected chi connectivity index (χ4v) is 1.77. The normalized spacial score (nSPS) is 24.6. The summed E-state index contributed by atoms with van der Waals surface area (Å²) in [5.41, 5.74) is 0. The Labute approximate surface area is 87.1 Å². The molecule has 0 aromatic carbocycles. The second-order valence-electron chi connectivity index (χ2n) is 4.69. The second kappa shape index (κ2) is 3.94. The van der Waals surface area contributed by atoms with Crippen LogP contribution in [-0.2, 0) is 0 Å². The van der Waals surface area contributed by atoms with Gasteiger partial charge in [0.2, 0.25) is 0 Å². The van der Waals surface area contributed by atoms with Crippen LogP contribution in [0.15, 0.2) is 0 Å². The molecule has 0 amide bonds. The maximum absolute atomic E-state index is 12.2. The molecule has 0 aromatic rings. The van der Waals surface area contributed by atoms with Crippen LogP contribution in [0.2, 0.25) is 0 Å². The first-order valence-corrected chi connectivity index (χ1v) is 5.45. The molecule has 2 rings (SSSR count). The van der Waals surface area contributed by atoms with E-state index in [9.17, 15) is 13.2 Å². The maximum atomic E-state index is 12.2. The summed E-state index contributed by atoms with van der Waals surface area (Å²) in [7, 11) is 0. The second-order valence-corrected chi connectivity index (χ2v) is 4.69. The van der Waals surface area contributed by atoms with E-state index in [1.165, 1.54) is 0 Å². The average molecular weight is 223 g/mol. The molecule has 0 aliphatic heterocycles. The van der Waals surface area contributed by atoms with Crippen molar-refractivity contribution in [2.24, 2.45) is 5.92 Å². The molecule has 2 aliphatic carbocycles. The quantitative estimate of drug-likeness (QED) is 0.768. The molecule has 0 heterocycles. The Hall–Kier alpha value is -0.290. The van der Waals surface area contributed by atoms with Crippen molar-refractivity contribution in [1.29, 1.82) is 0 Å². The van der Waals surface area contributed by atoms with Gasteiger partial charge in [-0.1, -0.05) is 0 Å². The summed E-state index contributed by atoms with van der Waals surface area (Å²) in [4.78, 5) is 1.82. The number of rotatable bonds is 5. The number of aliphatic hydroxyl groups is 1. The van der Waals surface area contributed by atoms with E-state index >= 15 is 0 Å². The van der Waals surface area contributed by atoms with Crippen molar-refractivity contribution in [3.05, 3.63) is 0 Å². The van der Waals surface area contributed by atoms with Gasteiger partial charge in [0, 0.05) is 19.1 Å². The van der Waals surface area contributed by atoms with Crippen molar-refractivity contribution in [2.75, 3.05) is 13.1 Å². The average Bonchev–Trinajstić information content (AvgIpc) is 2.97. The molecule has 2 saturated carbocycles. The lowest BCUT2D eigenvalue weighted by molar-refractivity contribution is -0.208. The van der Waals surface area contributed by atoms with Crippen LogP contribution in [0.25, 0.3) is 0 Å². The summed E-state index contributed by atoms with van der Waals surface area (Å²) in [6, 6.07) is 0.294. The zero-order chi connectivity index (χ0) is 11.1. The predicted octanol–water partition coefficient (Wildman–Crippen LogP) is 1.78. The van der Waals surface area contributed by atoms with Crippen molar-refractivity contribution < 1.29 is 18.3 Å². The smallest absolute Gasteiger partial charge is 0.382 e. The van der Waals surface area contributed by atoms with Crippen LogP contribution in [0.3, 0.4) is 0 Å². The third-order valence-corrected chi connectivity index (χ3v) is 3.04. The molecule has 2 fully saturated rings. The molecule has 0 radical (unpaired) electrons. The van der Waals surface area contributed by atoms with Gasteiger partial charge in [0.15, 0.2) is 6.10 Å². The van der Waals surface area contributed by atoms with E-state index in [1.807, 2.05) is 4.90 Å². The Morgan fingerprint density at radius 2 is 1.80 bits per heavy atom. The Bertz CT molecular complexity index is 223. The molecule has 0 aromatic heterocycles. The van der Waals surface area contributed by atoms with Gasteiger partial charge >= 0.3 is 6.18 Å². The Morgan fingerprint density at radius 3 is 2.20 bits per heavy atom. The number of halogens is 3. The highest BCUT2D eigenvalue weighted by Crippen LogP contribution is 2.35. The minimum absolute atomic E-state index is 0.245. The van der Waals surface area contributed by atoms with Crippen molar-refractivity contribution in [3.8, 4) is 0 Å². The minimum Gasteiger partial charge on any atom is -0.382 e. The molecular weight excluding hydrogens is 207 g/mol. The fourth-order valence-electron chi connectivity index (χ4n) is 1.77. The number of nitrogens with zero attached hydrogens (tertiary/aromatic N) is 1. The van der Waals surface area contributed by atoms with Crippen LogP contribution in [0.1, 0.15) is 25.7 Å². The highest BCUT2D eigenvalue weighted by Gasteiger charge is 2.42. The highest BCUT2D eigenvalue weighted by atomic mass is 19.4. The molecule has 0 bridgehead atoms. The van der Waals surface area contributed by atoms with E-state index in [-0.39, 0.29) is 6.54 Å².